The number of ether oxygens (including phenoxy) is 1. The molecule has 2 atom stereocenters. The van der Waals surface area contributed by atoms with E-state index < -0.39 is 17.1 Å². The van der Waals surface area contributed by atoms with E-state index in [0.29, 0.717) is 29.6 Å². The summed E-state index contributed by atoms with van der Waals surface area (Å²) in [6.07, 6.45) is -1.32. The fourth-order valence-electron chi connectivity index (χ4n) is 1.86. The highest BCUT2D eigenvalue weighted by Gasteiger charge is 2.29. The van der Waals surface area contributed by atoms with Crippen molar-refractivity contribution < 1.29 is 14.8 Å². The normalized spacial score (nSPS) is 20.9. The van der Waals surface area contributed by atoms with E-state index in [0.717, 1.165) is 0 Å². The van der Waals surface area contributed by atoms with Crippen LogP contribution < -0.4 is 4.90 Å². The first-order chi connectivity index (χ1) is 9.02. The monoisotopic (exact) mass is 283 g/mol. The molecule has 1 aromatic heterocycles. The number of aliphatic hydroxyl groups is 1. The second kappa shape index (κ2) is 5.52. The Morgan fingerprint density at radius 1 is 1.79 bits per heavy atom. The minimum atomic E-state index is -0.745. The lowest BCUT2D eigenvalue weighted by Gasteiger charge is -2.29. The smallest absolute Gasteiger partial charge is 0.304 e. The summed E-state index contributed by atoms with van der Waals surface area (Å²) in [4.78, 5) is 12.9. The van der Waals surface area contributed by atoms with Crippen LogP contribution in [0.1, 0.15) is 17.9 Å². The first-order valence-electron chi connectivity index (χ1n) is 5.75. The van der Waals surface area contributed by atoms with Crippen LogP contribution in [0.3, 0.4) is 0 Å². The van der Waals surface area contributed by atoms with Gasteiger partial charge in [0.1, 0.15) is 0 Å². The van der Waals surface area contributed by atoms with Crippen molar-refractivity contribution in [2.75, 3.05) is 24.6 Å². The van der Waals surface area contributed by atoms with E-state index in [2.05, 4.69) is 0 Å². The van der Waals surface area contributed by atoms with Crippen molar-refractivity contribution in [1.82, 2.24) is 0 Å². The van der Waals surface area contributed by atoms with Gasteiger partial charge in [0.25, 0.3) is 0 Å². The molecule has 2 rings (SSSR count). The maximum Gasteiger partial charge on any atom is 0.304 e. The second-order valence-electron chi connectivity index (χ2n) is 4.21. The number of nitro groups is 1. The number of hydrogen-bond donors (Lipinski definition) is 1. The maximum atomic E-state index is 11.1. The third-order valence-electron chi connectivity index (χ3n) is 2.82. The maximum absolute atomic E-state index is 11.1. The quantitative estimate of drug-likeness (QED) is 0.665. The molecule has 1 aliphatic heterocycles. The topological polar surface area (TPSA) is 99.6 Å². The predicted molar refractivity (Wildman–Crippen MR) is 69.2 cm³/mol. The van der Waals surface area contributed by atoms with Crippen molar-refractivity contribution in [3.05, 3.63) is 21.1 Å². The van der Waals surface area contributed by atoms with Crippen LogP contribution in [0.5, 0.6) is 0 Å². The van der Waals surface area contributed by atoms with Crippen molar-refractivity contribution in [2.45, 2.75) is 19.1 Å². The van der Waals surface area contributed by atoms with Crippen LogP contribution in [0.25, 0.3) is 0 Å². The minimum Gasteiger partial charge on any atom is -0.388 e. The fraction of sp³-hybridized carbons (Fsp3) is 0.545. The summed E-state index contributed by atoms with van der Waals surface area (Å²) in [5.74, 6) is 0. The molecule has 1 N–H and O–H groups in total. The zero-order valence-corrected chi connectivity index (χ0v) is 11.1. The minimum absolute atomic E-state index is 0.0283. The highest BCUT2D eigenvalue weighted by Crippen LogP contribution is 2.40. The van der Waals surface area contributed by atoms with E-state index in [4.69, 9.17) is 10.00 Å². The van der Waals surface area contributed by atoms with Crippen LogP contribution in [0.2, 0.25) is 0 Å². The number of rotatable bonds is 3. The molecular weight excluding hydrogens is 270 g/mol. The molecule has 1 saturated heterocycles. The fourth-order valence-corrected chi connectivity index (χ4v) is 2.96. The predicted octanol–water partition coefficient (Wildman–Crippen LogP) is 1.44. The Labute approximate surface area is 113 Å². The third-order valence-corrected chi connectivity index (χ3v) is 4.17. The molecular formula is C11H13N3O4S. The number of aliphatic hydroxyl groups excluding tert-OH is 1. The summed E-state index contributed by atoms with van der Waals surface area (Å²) in [6, 6.07) is 3.39. The molecule has 1 unspecified atom stereocenters. The van der Waals surface area contributed by atoms with Gasteiger partial charge in [-0.2, -0.15) is 5.26 Å². The number of morpholine rings is 1. The van der Waals surface area contributed by atoms with E-state index in [9.17, 15) is 15.2 Å². The Hall–Kier alpha value is -1.69. The molecule has 8 heteroatoms. The number of hydrogen-bond acceptors (Lipinski definition) is 7. The van der Waals surface area contributed by atoms with Crippen molar-refractivity contribution in [3.8, 4) is 6.07 Å². The lowest BCUT2D eigenvalue weighted by Crippen LogP contribution is -2.41. The molecule has 0 aromatic carbocycles. The molecule has 0 amide bonds. The molecule has 0 aliphatic carbocycles. The van der Waals surface area contributed by atoms with Crippen molar-refractivity contribution in [2.24, 2.45) is 0 Å². The third kappa shape index (κ3) is 2.84. The van der Waals surface area contributed by atoms with E-state index in [-0.39, 0.29) is 5.69 Å². The van der Waals surface area contributed by atoms with Gasteiger partial charge in [-0.1, -0.05) is 0 Å². The average molecular weight is 283 g/mol. The van der Waals surface area contributed by atoms with Crippen LogP contribution in [-0.2, 0) is 4.74 Å². The summed E-state index contributed by atoms with van der Waals surface area (Å²) < 4.78 is 5.22. The Kier molecular flexibility index (Phi) is 3.99. The van der Waals surface area contributed by atoms with Gasteiger partial charge in [-0.05, 0) is 6.92 Å². The molecule has 0 saturated carbocycles. The number of thiophene rings is 1. The van der Waals surface area contributed by atoms with Crippen LogP contribution in [-0.4, -0.2) is 35.8 Å². The molecule has 0 radical (unpaired) electrons. The lowest BCUT2D eigenvalue weighted by molar-refractivity contribution is -0.383. The molecule has 2 heterocycles. The van der Waals surface area contributed by atoms with Crippen LogP contribution in [0.4, 0.5) is 10.7 Å². The van der Waals surface area contributed by atoms with Gasteiger partial charge in [-0.3, -0.25) is 10.1 Å². The molecule has 1 aliphatic rings. The van der Waals surface area contributed by atoms with E-state index >= 15 is 0 Å². The summed E-state index contributed by atoms with van der Waals surface area (Å²) in [5.41, 5.74) is -0.0283. The van der Waals surface area contributed by atoms with Crippen molar-refractivity contribution >= 4 is 22.0 Å². The van der Waals surface area contributed by atoms with Gasteiger partial charge in [0, 0.05) is 17.5 Å². The summed E-state index contributed by atoms with van der Waals surface area (Å²) in [5, 5.41) is 29.9. The number of nitrogens with zero attached hydrogens (tertiary/aromatic N) is 3. The molecule has 19 heavy (non-hydrogen) atoms. The van der Waals surface area contributed by atoms with Gasteiger partial charge in [0.15, 0.2) is 11.1 Å². The van der Waals surface area contributed by atoms with E-state index in [1.54, 1.807) is 11.8 Å². The zero-order chi connectivity index (χ0) is 14.0. The Morgan fingerprint density at radius 2 is 2.53 bits per heavy atom. The Balaban J connectivity index is 2.32. The Morgan fingerprint density at radius 3 is 3.11 bits per heavy atom. The summed E-state index contributed by atoms with van der Waals surface area (Å²) >= 11 is 1.18. The first kappa shape index (κ1) is 13.7. The van der Waals surface area contributed by atoms with Crippen LogP contribution in [0, 0.1) is 21.4 Å². The second-order valence-corrected chi connectivity index (χ2v) is 5.27. The van der Waals surface area contributed by atoms with Crippen LogP contribution in [0.15, 0.2) is 6.07 Å². The molecule has 0 bridgehead atoms. The van der Waals surface area contributed by atoms with E-state index in [1.807, 2.05) is 6.07 Å². The lowest BCUT2D eigenvalue weighted by atomic mass is 10.3. The van der Waals surface area contributed by atoms with Crippen molar-refractivity contribution in [1.29, 1.82) is 5.26 Å². The van der Waals surface area contributed by atoms with Gasteiger partial charge in [0.2, 0.25) is 0 Å². The SMILES string of the molecule is C[C@@H](O)c1cc([N+](=O)[O-])c(N2CCOC(C#N)C2)s1. The van der Waals surface area contributed by atoms with Gasteiger partial charge < -0.3 is 14.7 Å². The van der Waals surface area contributed by atoms with Gasteiger partial charge >= 0.3 is 5.69 Å². The molecule has 102 valence electrons. The highest BCUT2D eigenvalue weighted by atomic mass is 32.1. The Bertz CT molecular complexity index is 523. The number of anilines is 1. The highest BCUT2D eigenvalue weighted by molar-refractivity contribution is 7.16. The molecule has 1 aromatic rings. The zero-order valence-electron chi connectivity index (χ0n) is 10.3. The summed E-state index contributed by atoms with van der Waals surface area (Å²) in [6.45, 7) is 2.73. The molecule has 1 fully saturated rings. The van der Waals surface area contributed by atoms with Crippen LogP contribution >= 0.6 is 11.3 Å². The summed E-state index contributed by atoms with van der Waals surface area (Å²) in [7, 11) is 0. The standard InChI is InChI=1S/C11H13N3O4S/c1-7(15)10-4-9(14(16)17)11(19-10)13-2-3-18-8(5-12)6-13/h4,7-8,15H,2-3,6H2,1H3/t7-,8?/m1/s1. The number of nitriles is 1. The average Bonchev–Trinajstić information content (AvgIpc) is 2.84. The molecule has 0 spiro atoms. The van der Waals surface area contributed by atoms with Gasteiger partial charge in [-0.15, -0.1) is 11.3 Å². The van der Waals surface area contributed by atoms with E-state index in [1.165, 1.54) is 17.4 Å². The van der Waals surface area contributed by atoms with Gasteiger partial charge in [0.05, 0.1) is 30.2 Å². The molecule has 7 nitrogen and oxygen atoms in total. The van der Waals surface area contributed by atoms with Crippen molar-refractivity contribution in [3.63, 3.8) is 0 Å². The first-order valence-corrected chi connectivity index (χ1v) is 6.57. The van der Waals surface area contributed by atoms with Gasteiger partial charge in [-0.25, -0.2) is 0 Å². The largest absolute Gasteiger partial charge is 0.388 e.